The Morgan fingerprint density at radius 1 is 0.967 bits per heavy atom. The fraction of sp³-hybridized carbons (Fsp3) is 0.125. The van der Waals surface area contributed by atoms with Crippen LogP contribution in [0.1, 0.15) is 18.9 Å². The minimum absolute atomic E-state index is 0.124. The molecule has 0 spiro atoms. The molecule has 3 aromatic rings. The Morgan fingerprint density at radius 2 is 1.67 bits per heavy atom. The summed E-state index contributed by atoms with van der Waals surface area (Å²) in [5.41, 5.74) is 1.70. The number of carbonyl (C=O) groups excluding carboxylic acids is 2. The van der Waals surface area contributed by atoms with Gasteiger partial charge in [-0.2, -0.15) is 5.26 Å². The van der Waals surface area contributed by atoms with E-state index >= 15 is 0 Å². The summed E-state index contributed by atoms with van der Waals surface area (Å²) in [6.07, 6.45) is 0.124. The number of anilines is 2. The van der Waals surface area contributed by atoms with Crippen LogP contribution in [0.3, 0.4) is 0 Å². The van der Waals surface area contributed by atoms with Crippen LogP contribution in [0.4, 0.5) is 11.4 Å². The second-order valence-corrected chi connectivity index (χ2v) is 6.57. The number of nitriles is 1. The third-order valence-electron chi connectivity index (χ3n) is 4.35. The van der Waals surface area contributed by atoms with Gasteiger partial charge in [-0.3, -0.25) is 9.59 Å². The molecule has 0 aliphatic carbocycles. The SMILES string of the molecule is CC(=O)N(CCC(=O)Nc1cccc(C#N)c1)c1ccc(Oc2ccccc2)cc1. The molecule has 0 aliphatic rings. The van der Waals surface area contributed by atoms with Gasteiger partial charge in [0.15, 0.2) is 0 Å². The van der Waals surface area contributed by atoms with E-state index in [1.54, 1.807) is 48.5 Å². The van der Waals surface area contributed by atoms with Crippen molar-refractivity contribution < 1.29 is 14.3 Å². The van der Waals surface area contributed by atoms with Gasteiger partial charge in [-0.15, -0.1) is 0 Å². The molecule has 0 heterocycles. The smallest absolute Gasteiger partial charge is 0.226 e. The van der Waals surface area contributed by atoms with E-state index < -0.39 is 0 Å². The first-order valence-electron chi connectivity index (χ1n) is 9.46. The molecule has 6 nitrogen and oxygen atoms in total. The standard InChI is InChI=1S/C24H21N3O3/c1-18(28)27(15-14-24(29)26-20-7-5-6-19(16-20)17-25)21-10-12-23(13-11-21)30-22-8-3-2-4-9-22/h2-13,16H,14-15H2,1H3,(H,26,29). The molecule has 150 valence electrons. The number of para-hydroxylation sites is 1. The fourth-order valence-electron chi connectivity index (χ4n) is 2.89. The van der Waals surface area contributed by atoms with Gasteiger partial charge in [0, 0.05) is 31.3 Å². The zero-order chi connectivity index (χ0) is 21.3. The number of ether oxygens (including phenoxy) is 1. The highest BCUT2D eigenvalue weighted by Crippen LogP contribution is 2.24. The van der Waals surface area contributed by atoms with Crippen LogP contribution in [0.15, 0.2) is 78.9 Å². The van der Waals surface area contributed by atoms with Crippen molar-refractivity contribution in [2.75, 3.05) is 16.8 Å². The highest BCUT2D eigenvalue weighted by Gasteiger charge is 2.14. The minimum Gasteiger partial charge on any atom is -0.457 e. The van der Waals surface area contributed by atoms with Crippen LogP contribution in [0.25, 0.3) is 0 Å². The second kappa shape index (κ2) is 9.89. The molecular weight excluding hydrogens is 378 g/mol. The maximum atomic E-state index is 12.3. The number of hydrogen-bond donors (Lipinski definition) is 1. The molecule has 0 radical (unpaired) electrons. The van der Waals surface area contributed by atoms with Gasteiger partial charge >= 0.3 is 0 Å². The molecule has 1 N–H and O–H groups in total. The molecular formula is C24H21N3O3. The monoisotopic (exact) mass is 399 g/mol. The van der Waals surface area contributed by atoms with Crippen molar-refractivity contribution in [2.45, 2.75) is 13.3 Å². The zero-order valence-corrected chi connectivity index (χ0v) is 16.5. The largest absolute Gasteiger partial charge is 0.457 e. The van der Waals surface area contributed by atoms with Crippen LogP contribution in [0.5, 0.6) is 11.5 Å². The number of nitrogens with zero attached hydrogens (tertiary/aromatic N) is 2. The van der Waals surface area contributed by atoms with Crippen molar-refractivity contribution in [1.82, 2.24) is 0 Å². The molecule has 0 unspecified atom stereocenters. The van der Waals surface area contributed by atoms with Gasteiger partial charge in [0.1, 0.15) is 11.5 Å². The van der Waals surface area contributed by atoms with Gasteiger partial charge in [-0.1, -0.05) is 24.3 Å². The van der Waals surface area contributed by atoms with Gasteiger partial charge in [0.2, 0.25) is 11.8 Å². The highest BCUT2D eigenvalue weighted by atomic mass is 16.5. The van der Waals surface area contributed by atoms with Gasteiger partial charge in [0.25, 0.3) is 0 Å². The van der Waals surface area contributed by atoms with E-state index in [1.807, 2.05) is 36.4 Å². The third kappa shape index (κ3) is 5.69. The van der Waals surface area contributed by atoms with Crippen LogP contribution >= 0.6 is 0 Å². The van der Waals surface area contributed by atoms with E-state index in [4.69, 9.17) is 10.00 Å². The van der Waals surface area contributed by atoms with E-state index in [0.29, 0.717) is 22.7 Å². The maximum absolute atomic E-state index is 12.3. The van der Waals surface area contributed by atoms with Crippen molar-refractivity contribution in [3.8, 4) is 17.6 Å². The van der Waals surface area contributed by atoms with E-state index in [9.17, 15) is 9.59 Å². The van der Waals surface area contributed by atoms with E-state index in [-0.39, 0.29) is 24.8 Å². The molecule has 2 amide bonds. The first-order valence-corrected chi connectivity index (χ1v) is 9.46. The summed E-state index contributed by atoms with van der Waals surface area (Å²) >= 11 is 0. The average Bonchev–Trinajstić information content (AvgIpc) is 2.75. The van der Waals surface area contributed by atoms with E-state index in [2.05, 4.69) is 5.32 Å². The lowest BCUT2D eigenvalue weighted by Gasteiger charge is -2.21. The van der Waals surface area contributed by atoms with Crippen molar-refractivity contribution in [3.05, 3.63) is 84.4 Å². The Kier molecular flexibility index (Phi) is 6.80. The molecule has 0 aromatic heterocycles. The average molecular weight is 399 g/mol. The minimum atomic E-state index is -0.236. The fourth-order valence-corrected chi connectivity index (χ4v) is 2.89. The highest BCUT2D eigenvalue weighted by molar-refractivity contribution is 5.94. The molecule has 6 heteroatoms. The van der Waals surface area contributed by atoms with Gasteiger partial charge in [-0.05, 0) is 54.6 Å². The Bertz CT molecular complexity index is 1060. The molecule has 0 atom stereocenters. The Morgan fingerprint density at radius 3 is 2.33 bits per heavy atom. The molecule has 0 saturated carbocycles. The van der Waals surface area contributed by atoms with Crippen molar-refractivity contribution >= 4 is 23.2 Å². The predicted octanol–water partition coefficient (Wildman–Crippen LogP) is 4.73. The van der Waals surface area contributed by atoms with E-state index in [1.165, 1.54) is 11.8 Å². The van der Waals surface area contributed by atoms with E-state index in [0.717, 1.165) is 5.75 Å². The normalized spacial score (nSPS) is 10.0. The summed E-state index contributed by atoms with van der Waals surface area (Å²) in [6, 6.07) is 25.3. The molecule has 0 saturated heterocycles. The summed E-state index contributed by atoms with van der Waals surface area (Å²) < 4.78 is 5.77. The van der Waals surface area contributed by atoms with Crippen LogP contribution in [-0.4, -0.2) is 18.4 Å². The molecule has 3 aromatic carbocycles. The predicted molar refractivity (Wildman–Crippen MR) is 115 cm³/mol. The van der Waals surface area contributed by atoms with Crippen LogP contribution in [0.2, 0.25) is 0 Å². The van der Waals surface area contributed by atoms with Gasteiger partial charge < -0.3 is 15.0 Å². The number of benzene rings is 3. The third-order valence-corrected chi connectivity index (χ3v) is 4.35. The Labute approximate surface area is 175 Å². The van der Waals surface area contributed by atoms with Crippen molar-refractivity contribution in [1.29, 1.82) is 5.26 Å². The summed E-state index contributed by atoms with van der Waals surface area (Å²) in [6.45, 7) is 1.70. The second-order valence-electron chi connectivity index (χ2n) is 6.57. The van der Waals surface area contributed by atoms with Gasteiger partial charge in [0.05, 0.1) is 11.6 Å². The van der Waals surface area contributed by atoms with Crippen LogP contribution in [-0.2, 0) is 9.59 Å². The summed E-state index contributed by atoms with van der Waals surface area (Å²) in [5.74, 6) is 0.987. The Balaban J connectivity index is 1.60. The topological polar surface area (TPSA) is 82.4 Å². The molecule has 0 aliphatic heterocycles. The lowest BCUT2D eigenvalue weighted by Crippen LogP contribution is -2.31. The molecule has 30 heavy (non-hydrogen) atoms. The molecule has 0 bridgehead atoms. The number of nitrogens with one attached hydrogen (secondary N) is 1. The summed E-state index contributed by atoms with van der Waals surface area (Å²) in [5, 5.41) is 11.7. The van der Waals surface area contributed by atoms with Crippen molar-refractivity contribution in [3.63, 3.8) is 0 Å². The summed E-state index contributed by atoms with van der Waals surface area (Å²) in [7, 11) is 0. The number of amides is 2. The number of rotatable bonds is 7. The maximum Gasteiger partial charge on any atom is 0.226 e. The quantitative estimate of drug-likeness (QED) is 0.622. The Hall–Kier alpha value is -4.11. The zero-order valence-electron chi connectivity index (χ0n) is 16.5. The van der Waals surface area contributed by atoms with Crippen LogP contribution < -0.4 is 15.0 Å². The van der Waals surface area contributed by atoms with Crippen LogP contribution in [0, 0.1) is 11.3 Å². The first-order chi connectivity index (χ1) is 14.5. The van der Waals surface area contributed by atoms with Crippen molar-refractivity contribution in [2.24, 2.45) is 0 Å². The number of hydrogen-bond acceptors (Lipinski definition) is 4. The van der Waals surface area contributed by atoms with Gasteiger partial charge in [-0.25, -0.2) is 0 Å². The lowest BCUT2D eigenvalue weighted by molar-refractivity contribution is -0.117. The number of carbonyl (C=O) groups is 2. The molecule has 0 fully saturated rings. The first kappa shape index (κ1) is 20.6. The molecule has 3 rings (SSSR count). The summed E-state index contributed by atoms with van der Waals surface area (Å²) in [4.78, 5) is 25.9. The lowest BCUT2D eigenvalue weighted by atomic mass is 10.2.